The number of aliphatic hydroxyl groups is 1. The summed E-state index contributed by atoms with van der Waals surface area (Å²) in [6, 6.07) is 14.0. The third-order valence-corrected chi connectivity index (χ3v) is 6.26. The number of aliphatic hydroxyl groups excluding tert-OH is 1. The molecule has 31 heavy (non-hydrogen) atoms. The van der Waals surface area contributed by atoms with Gasteiger partial charge in [0.05, 0.1) is 14.2 Å². The SMILES string of the molecule is COc1ccccc1CN(C)Cc1ccc(OC[C@@H](O)CN2CCSCC2)c(OC)c1. The summed E-state index contributed by atoms with van der Waals surface area (Å²) < 4.78 is 16.9. The van der Waals surface area contributed by atoms with Crippen molar-refractivity contribution in [1.82, 2.24) is 9.80 Å². The molecule has 2 aromatic carbocycles. The molecule has 2 aromatic rings. The van der Waals surface area contributed by atoms with Gasteiger partial charge in [-0.1, -0.05) is 24.3 Å². The molecule has 0 aromatic heterocycles. The molecular weight excluding hydrogens is 412 g/mol. The largest absolute Gasteiger partial charge is 0.496 e. The van der Waals surface area contributed by atoms with Crippen LogP contribution in [0.5, 0.6) is 17.2 Å². The van der Waals surface area contributed by atoms with Crippen LogP contribution in [0.3, 0.4) is 0 Å². The topological polar surface area (TPSA) is 54.4 Å². The Hall–Kier alpha value is -1.93. The zero-order chi connectivity index (χ0) is 22.1. The Bertz CT molecular complexity index is 814. The molecule has 0 spiro atoms. The number of β-amino-alcohol motifs (C(OH)–C–C–N with tert-alkyl or cyclic N) is 1. The van der Waals surface area contributed by atoms with Gasteiger partial charge in [0.25, 0.3) is 0 Å². The zero-order valence-electron chi connectivity index (χ0n) is 18.8. The van der Waals surface area contributed by atoms with E-state index in [0.717, 1.165) is 54.6 Å². The number of methoxy groups -OCH3 is 2. The maximum Gasteiger partial charge on any atom is 0.161 e. The number of benzene rings is 2. The second-order valence-corrected chi connectivity index (χ2v) is 9.07. The van der Waals surface area contributed by atoms with Crippen molar-refractivity contribution < 1.29 is 19.3 Å². The van der Waals surface area contributed by atoms with Crippen molar-refractivity contribution in [3.63, 3.8) is 0 Å². The van der Waals surface area contributed by atoms with Crippen LogP contribution in [0, 0.1) is 0 Å². The van der Waals surface area contributed by atoms with Crippen LogP contribution in [0.2, 0.25) is 0 Å². The van der Waals surface area contributed by atoms with Gasteiger partial charge in [-0.2, -0.15) is 11.8 Å². The van der Waals surface area contributed by atoms with E-state index in [-0.39, 0.29) is 6.61 Å². The number of para-hydroxylation sites is 1. The number of ether oxygens (including phenoxy) is 3. The number of rotatable bonds is 11. The van der Waals surface area contributed by atoms with Crippen LogP contribution in [-0.2, 0) is 13.1 Å². The fourth-order valence-electron chi connectivity index (χ4n) is 3.74. The zero-order valence-corrected chi connectivity index (χ0v) is 19.6. The van der Waals surface area contributed by atoms with Crippen molar-refractivity contribution in [3.8, 4) is 17.2 Å². The van der Waals surface area contributed by atoms with Crippen LogP contribution >= 0.6 is 11.8 Å². The molecule has 3 rings (SSSR count). The molecule has 7 heteroatoms. The van der Waals surface area contributed by atoms with E-state index in [1.807, 2.05) is 48.2 Å². The van der Waals surface area contributed by atoms with Gasteiger partial charge in [-0.15, -0.1) is 0 Å². The Morgan fingerprint density at radius 3 is 2.48 bits per heavy atom. The summed E-state index contributed by atoms with van der Waals surface area (Å²) in [4.78, 5) is 4.52. The maximum absolute atomic E-state index is 10.4. The first-order valence-electron chi connectivity index (χ1n) is 10.7. The highest BCUT2D eigenvalue weighted by molar-refractivity contribution is 7.99. The summed E-state index contributed by atoms with van der Waals surface area (Å²) >= 11 is 1.97. The lowest BCUT2D eigenvalue weighted by Gasteiger charge is -2.28. The molecule has 6 nitrogen and oxygen atoms in total. The molecule has 1 N–H and O–H groups in total. The Morgan fingerprint density at radius 1 is 1.00 bits per heavy atom. The highest BCUT2D eigenvalue weighted by Gasteiger charge is 2.16. The van der Waals surface area contributed by atoms with Crippen LogP contribution in [0.4, 0.5) is 0 Å². The summed E-state index contributed by atoms with van der Waals surface area (Å²) in [5.41, 5.74) is 2.29. The van der Waals surface area contributed by atoms with Gasteiger partial charge in [-0.05, 0) is 30.8 Å². The summed E-state index contributed by atoms with van der Waals surface area (Å²) in [6.07, 6.45) is -0.514. The van der Waals surface area contributed by atoms with E-state index in [1.54, 1.807) is 14.2 Å². The lowest BCUT2D eigenvalue weighted by Crippen LogP contribution is -2.40. The van der Waals surface area contributed by atoms with Gasteiger partial charge in [0.1, 0.15) is 18.5 Å². The van der Waals surface area contributed by atoms with Gasteiger partial charge in [0.15, 0.2) is 11.5 Å². The van der Waals surface area contributed by atoms with Gasteiger partial charge in [-0.3, -0.25) is 9.80 Å². The summed E-state index contributed by atoms with van der Waals surface area (Å²) in [5.74, 6) is 4.51. The van der Waals surface area contributed by atoms with Gasteiger partial charge >= 0.3 is 0 Å². The van der Waals surface area contributed by atoms with Crippen molar-refractivity contribution in [1.29, 1.82) is 0 Å². The molecule has 0 amide bonds. The summed E-state index contributed by atoms with van der Waals surface area (Å²) in [6.45, 7) is 4.52. The Labute approximate surface area is 190 Å². The lowest BCUT2D eigenvalue weighted by molar-refractivity contribution is 0.0704. The van der Waals surface area contributed by atoms with Crippen molar-refractivity contribution in [2.75, 3.05) is 59.0 Å². The second kappa shape index (κ2) is 12.2. The van der Waals surface area contributed by atoms with E-state index in [9.17, 15) is 5.11 Å². The fourth-order valence-corrected chi connectivity index (χ4v) is 4.72. The van der Waals surface area contributed by atoms with Crippen molar-refractivity contribution >= 4 is 11.8 Å². The Balaban J connectivity index is 1.53. The monoisotopic (exact) mass is 446 g/mol. The lowest BCUT2D eigenvalue weighted by atomic mass is 10.1. The van der Waals surface area contributed by atoms with E-state index >= 15 is 0 Å². The van der Waals surface area contributed by atoms with E-state index in [4.69, 9.17) is 14.2 Å². The minimum Gasteiger partial charge on any atom is -0.496 e. The van der Waals surface area contributed by atoms with Crippen LogP contribution in [0.25, 0.3) is 0 Å². The van der Waals surface area contributed by atoms with Crippen molar-refractivity contribution in [3.05, 3.63) is 53.6 Å². The average molecular weight is 447 g/mol. The molecule has 1 atom stereocenters. The minimum atomic E-state index is -0.514. The van der Waals surface area contributed by atoms with Crippen LogP contribution in [0.15, 0.2) is 42.5 Å². The molecular formula is C24H34N2O4S. The molecule has 1 heterocycles. The third kappa shape index (κ3) is 7.31. The number of nitrogens with zero attached hydrogens (tertiary/aromatic N) is 2. The highest BCUT2D eigenvalue weighted by Crippen LogP contribution is 2.29. The van der Waals surface area contributed by atoms with Crippen molar-refractivity contribution in [2.45, 2.75) is 19.2 Å². The van der Waals surface area contributed by atoms with E-state index in [2.05, 4.69) is 22.9 Å². The summed E-state index contributed by atoms with van der Waals surface area (Å²) in [7, 11) is 5.43. The molecule has 0 radical (unpaired) electrons. The molecule has 1 aliphatic rings. The number of thioether (sulfide) groups is 1. The van der Waals surface area contributed by atoms with Crippen LogP contribution in [0.1, 0.15) is 11.1 Å². The number of hydrogen-bond acceptors (Lipinski definition) is 7. The molecule has 1 saturated heterocycles. The normalized spacial score (nSPS) is 15.6. The quantitative estimate of drug-likeness (QED) is 0.569. The Morgan fingerprint density at radius 2 is 1.74 bits per heavy atom. The first-order chi connectivity index (χ1) is 15.1. The van der Waals surface area contributed by atoms with Gasteiger partial charge in [-0.25, -0.2) is 0 Å². The maximum atomic E-state index is 10.4. The molecule has 0 bridgehead atoms. The molecule has 0 saturated carbocycles. The molecule has 0 unspecified atom stereocenters. The van der Waals surface area contributed by atoms with Gasteiger partial charge < -0.3 is 19.3 Å². The first kappa shape index (κ1) is 23.7. The molecule has 0 aliphatic carbocycles. The third-order valence-electron chi connectivity index (χ3n) is 5.32. The first-order valence-corrected chi connectivity index (χ1v) is 11.8. The van der Waals surface area contributed by atoms with Crippen LogP contribution < -0.4 is 14.2 Å². The standard InChI is InChI=1S/C24H34N2O4S/c1-25(16-20-6-4-5-7-22(20)28-2)15-19-8-9-23(24(14-19)29-3)30-18-21(27)17-26-10-12-31-13-11-26/h4-9,14,21,27H,10-13,15-18H2,1-3H3/t21-/m0/s1. The van der Waals surface area contributed by atoms with Gasteiger partial charge in [0.2, 0.25) is 0 Å². The molecule has 170 valence electrons. The fraction of sp³-hybridized carbons (Fsp3) is 0.500. The minimum absolute atomic E-state index is 0.257. The predicted octanol–water partition coefficient (Wildman–Crippen LogP) is 3.12. The predicted molar refractivity (Wildman–Crippen MR) is 126 cm³/mol. The van der Waals surface area contributed by atoms with Gasteiger partial charge in [0, 0.05) is 49.8 Å². The summed E-state index contributed by atoms with van der Waals surface area (Å²) in [5, 5.41) is 10.4. The second-order valence-electron chi connectivity index (χ2n) is 7.85. The highest BCUT2D eigenvalue weighted by atomic mass is 32.2. The average Bonchev–Trinajstić information content (AvgIpc) is 2.79. The van der Waals surface area contributed by atoms with Crippen LogP contribution in [-0.4, -0.2) is 80.0 Å². The number of hydrogen-bond donors (Lipinski definition) is 1. The van der Waals surface area contributed by atoms with E-state index in [1.165, 1.54) is 0 Å². The molecule has 1 fully saturated rings. The van der Waals surface area contributed by atoms with Crippen molar-refractivity contribution in [2.24, 2.45) is 0 Å². The van der Waals surface area contributed by atoms with E-state index in [0.29, 0.717) is 18.0 Å². The molecule has 1 aliphatic heterocycles. The Kier molecular flexibility index (Phi) is 9.33. The smallest absolute Gasteiger partial charge is 0.161 e. The van der Waals surface area contributed by atoms with E-state index < -0.39 is 6.10 Å².